The van der Waals surface area contributed by atoms with Crippen molar-refractivity contribution in [1.82, 2.24) is 0 Å². The van der Waals surface area contributed by atoms with E-state index in [2.05, 4.69) is 89.2 Å². The molecule has 0 bridgehead atoms. The van der Waals surface area contributed by atoms with Crippen LogP contribution in [0, 0.1) is 6.92 Å². The summed E-state index contributed by atoms with van der Waals surface area (Å²) in [7, 11) is 0. The van der Waals surface area contributed by atoms with Crippen molar-refractivity contribution >= 4 is 11.5 Å². The summed E-state index contributed by atoms with van der Waals surface area (Å²) in [5, 5.41) is 12.0. The van der Waals surface area contributed by atoms with E-state index in [9.17, 15) is 5.11 Å². The van der Waals surface area contributed by atoms with Crippen LogP contribution in [0.25, 0.3) is 11.1 Å². The molecule has 3 aromatic carbocycles. The van der Waals surface area contributed by atoms with Gasteiger partial charge in [-0.3, -0.25) is 4.58 Å². The Kier molecular flexibility index (Phi) is 6.31. The second-order valence-electron chi connectivity index (χ2n) is 8.58. The molecule has 0 aliphatic carbocycles. The number of rotatable bonds is 3. The largest absolute Gasteiger partial charge is 1.00 e. The van der Waals surface area contributed by atoms with Crippen LogP contribution in [0.1, 0.15) is 36.8 Å². The number of nitrogens with zero attached hydrogens (tertiary/aromatic N) is 2. The van der Waals surface area contributed by atoms with E-state index in [4.69, 9.17) is 0 Å². The van der Waals surface area contributed by atoms with Gasteiger partial charge in [-0.1, -0.05) is 72.3 Å². The highest BCUT2D eigenvalue weighted by Crippen LogP contribution is 2.38. The monoisotopic (exact) mass is 476 g/mol. The number of hydrogen-bond donors (Lipinski definition) is 1. The summed E-state index contributed by atoms with van der Waals surface area (Å²) in [6.07, 6.45) is 4.63. The number of hydrogen-bond acceptors (Lipinski definition) is 2. The highest BCUT2D eigenvalue weighted by Gasteiger charge is 2.53. The molecule has 1 atom stereocenters. The lowest BCUT2D eigenvalue weighted by Crippen LogP contribution is -3.00. The summed E-state index contributed by atoms with van der Waals surface area (Å²) in [6.45, 7) is 3.72. The SMILES string of the molecule is Cc1ccc(C2(O)C[N+]3=C(CCCCC3)N2c2ccc(-c3ccccc3)cc2)cc1.[Br-]. The van der Waals surface area contributed by atoms with E-state index >= 15 is 0 Å². The lowest BCUT2D eigenvalue weighted by atomic mass is 9.98. The number of aliphatic hydroxyl groups is 1. The number of amidine groups is 1. The number of aryl methyl sites for hydroxylation is 1. The van der Waals surface area contributed by atoms with Crippen LogP contribution in [0.5, 0.6) is 0 Å². The van der Waals surface area contributed by atoms with E-state index in [1.165, 1.54) is 41.8 Å². The first-order valence-corrected chi connectivity index (χ1v) is 11.0. The number of anilines is 1. The molecule has 2 aliphatic heterocycles. The lowest BCUT2D eigenvalue weighted by Gasteiger charge is -2.29. The fourth-order valence-corrected chi connectivity index (χ4v) is 4.86. The van der Waals surface area contributed by atoms with Crippen molar-refractivity contribution in [1.29, 1.82) is 0 Å². The van der Waals surface area contributed by atoms with Gasteiger partial charge in [0.1, 0.15) is 5.69 Å². The van der Waals surface area contributed by atoms with E-state index in [1.807, 2.05) is 6.07 Å². The molecule has 0 radical (unpaired) electrons. The van der Waals surface area contributed by atoms with E-state index in [-0.39, 0.29) is 17.0 Å². The van der Waals surface area contributed by atoms with Crippen LogP contribution in [0.3, 0.4) is 0 Å². The van der Waals surface area contributed by atoms with Crippen molar-refractivity contribution in [2.75, 3.05) is 18.0 Å². The summed E-state index contributed by atoms with van der Waals surface area (Å²) in [6, 6.07) is 27.4. The number of halogens is 1. The topological polar surface area (TPSA) is 26.5 Å². The van der Waals surface area contributed by atoms with E-state index in [0.29, 0.717) is 6.54 Å². The molecule has 1 unspecified atom stereocenters. The maximum Gasteiger partial charge on any atom is 0.275 e. The highest BCUT2D eigenvalue weighted by molar-refractivity contribution is 5.97. The molecule has 1 N–H and O–H groups in total. The Balaban J connectivity index is 0.00000231. The molecule has 160 valence electrons. The molecule has 5 rings (SSSR count). The van der Waals surface area contributed by atoms with Crippen molar-refractivity contribution in [3.8, 4) is 11.1 Å². The van der Waals surface area contributed by atoms with Gasteiger partial charge in [0.2, 0.25) is 0 Å². The zero-order valence-electron chi connectivity index (χ0n) is 18.0. The highest BCUT2D eigenvalue weighted by atomic mass is 79.9. The van der Waals surface area contributed by atoms with Gasteiger partial charge in [0.25, 0.3) is 11.6 Å². The summed E-state index contributed by atoms with van der Waals surface area (Å²) in [5.41, 5.74) is 4.58. The van der Waals surface area contributed by atoms with E-state index in [1.54, 1.807) is 0 Å². The number of benzene rings is 3. The van der Waals surface area contributed by atoms with Crippen LogP contribution in [0.15, 0.2) is 78.9 Å². The Morgan fingerprint density at radius 3 is 2.19 bits per heavy atom. The molecule has 0 amide bonds. The Morgan fingerprint density at radius 1 is 0.806 bits per heavy atom. The van der Waals surface area contributed by atoms with E-state index in [0.717, 1.165) is 24.2 Å². The van der Waals surface area contributed by atoms with Gasteiger partial charge < -0.3 is 22.1 Å². The molecular weight excluding hydrogens is 448 g/mol. The zero-order chi connectivity index (χ0) is 20.6. The van der Waals surface area contributed by atoms with Gasteiger partial charge in [0.05, 0.1) is 6.54 Å². The summed E-state index contributed by atoms with van der Waals surface area (Å²) in [5.74, 6) is 1.25. The van der Waals surface area contributed by atoms with Gasteiger partial charge in [-0.05, 0) is 49.4 Å². The van der Waals surface area contributed by atoms with Crippen LogP contribution in [0.2, 0.25) is 0 Å². The minimum atomic E-state index is -1.05. The second-order valence-corrected chi connectivity index (χ2v) is 8.58. The minimum Gasteiger partial charge on any atom is -1.00 e. The Bertz CT molecular complexity index is 1060. The molecule has 31 heavy (non-hydrogen) atoms. The summed E-state index contributed by atoms with van der Waals surface area (Å²) in [4.78, 5) is 2.19. The first-order valence-electron chi connectivity index (χ1n) is 11.0. The summed E-state index contributed by atoms with van der Waals surface area (Å²) >= 11 is 0. The first-order chi connectivity index (χ1) is 14.6. The summed E-state index contributed by atoms with van der Waals surface area (Å²) < 4.78 is 2.40. The second kappa shape index (κ2) is 8.97. The third-order valence-electron chi connectivity index (χ3n) is 6.48. The predicted octanol–water partition coefficient (Wildman–Crippen LogP) is 2.32. The van der Waals surface area contributed by atoms with Crippen LogP contribution in [0.4, 0.5) is 5.69 Å². The van der Waals surface area contributed by atoms with Crippen molar-refractivity contribution in [2.24, 2.45) is 0 Å². The first kappa shape index (κ1) is 21.8. The predicted molar refractivity (Wildman–Crippen MR) is 123 cm³/mol. The Hall–Kier alpha value is -2.43. The van der Waals surface area contributed by atoms with Crippen LogP contribution >= 0.6 is 0 Å². The van der Waals surface area contributed by atoms with Crippen molar-refractivity contribution in [2.45, 2.75) is 38.3 Å². The van der Waals surface area contributed by atoms with Gasteiger partial charge >= 0.3 is 0 Å². The molecule has 3 aromatic rings. The average molecular weight is 477 g/mol. The van der Waals surface area contributed by atoms with Crippen molar-refractivity contribution in [3.05, 3.63) is 90.0 Å². The van der Waals surface area contributed by atoms with Gasteiger partial charge in [-0.15, -0.1) is 0 Å². The molecule has 0 saturated heterocycles. The van der Waals surface area contributed by atoms with Gasteiger partial charge in [-0.25, -0.2) is 0 Å². The van der Waals surface area contributed by atoms with Crippen molar-refractivity contribution < 1.29 is 26.7 Å². The fourth-order valence-electron chi connectivity index (χ4n) is 4.86. The third kappa shape index (κ3) is 4.07. The van der Waals surface area contributed by atoms with E-state index < -0.39 is 5.72 Å². The third-order valence-corrected chi connectivity index (χ3v) is 6.48. The normalized spacial score (nSPS) is 20.8. The molecule has 4 heteroatoms. The molecule has 3 nitrogen and oxygen atoms in total. The lowest BCUT2D eigenvalue weighted by molar-refractivity contribution is -0.534. The molecule has 2 aliphatic rings. The van der Waals surface area contributed by atoms with Crippen LogP contribution in [-0.2, 0) is 5.72 Å². The fraction of sp³-hybridized carbons (Fsp3) is 0.296. The Labute approximate surface area is 195 Å². The smallest absolute Gasteiger partial charge is 0.275 e. The standard InChI is InChI=1S/C27H29N2O.BrH/c1-21-11-15-24(16-12-21)27(30)20-28-19-7-3-6-10-26(28)29(27)25-17-13-23(14-18-25)22-8-4-2-5-9-22;/h2,4-5,8-9,11-18,30H,3,6-7,10,19-20H2,1H3;1H/q+1;/p-1. The molecule has 2 heterocycles. The zero-order valence-corrected chi connectivity index (χ0v) is 19.6. The van der Waals surface area contributed by atoms with Gasteiger partial charge in [-0.2, -0.15) is 4.90 Å². The van der Waals surface area contributed by atoms with Crippen LogP contribution in [-0.4, -0.2) is 28.6 Å². The van der Waals surface area contributed by atoms with Gasteiger partial charge in [0.15, 0.2) is 6.54 Å². The van der Waals surface area contributed by atoms with Crippen LogP contribution < -0.4 is 21.9 Å². The maximum atomic E-state index is 12.0. The van der Waals surface area contributed by atoms with Crippen molar-refractivity contribution in [3.63, 3.8) is 0 Å². The molecule has 0 saturated carbocycles. The molecule has 0 fully saturated rings. The molecule has 0 aromatic heterocycles. The molecule has 0 spiro atoms. The van der Waals surface area contributed by atoms with Gasteiger partial charge in [0, 0.05) is 12.0 Å². The maximum absolute atomic E-state index is 12.0. The minimum absolute atomic E-state index is 0. The molecular formula is C27H29BrN2O. The quantitative estimate of drug-likeness (QED) is 0.587. The average Bonchev–Trinajstić information content (AvgIpc) is 2.90. The Morgan fingerprint density at radius 2 is 1.48 bits per heavy atom.